The number of halogens is 1. The minimum Gasteiger partial charge on any atom is -0.348 e. The number of nitrogens with one attached hydrogen (secondary N) is 2. The fraction of sp³-hybridized carbons (Fsp3) is 0.185. The summed E-state index contributed by atoms with van der Waals surface area (Å²) >= 11 is 6.24. The first-order valence-corrected chi connectivity index (χ1v) is 12.0. The van der Waals surface area contributed by atoms with Gasteiger partial charge >= 0.3 is 0 Å². The summed E-state index contributed by atoms with van der Waals surface area (Å²) in [7, 11) is 2.09. The molecule has 0 fully saturated rings. The van der Waals surface area contributed by atoms with Gasteiger partial charge in [-0.05, 0) is 72.6 Å². The first kappa shape index (κ1) is 26.0. The number of hydrogen-bond donors (Lipinski definition) is 3. The molecule has 0 spiro atoms. The van der Waals surface area contributed by atoms with E-state index in [4.69, 9.17) is 17.4 Å². The van der Waals surface area contributed by atoms with Crippen molar-refractivity contribution in [2.24, 2.45) is 16.0 Å². The Labute approximate surface area is 220 Å². The zero-order valence-electron chi connectivity index (χ0n) is 20.4. The molecular formula is C27H28ClN7O2. The van der Waals surface area contributed by atoms with Crippen molar-refractivity contribution < 1.29 is 9.59 Å². The van der Waals surface area contributed by atoms with Crippen molar-refractivity contribution >= 4 is 47.8 Å². The molecule has 2 amide bonds. The van der Waals surface area contributed by atoms with E-state index >= 15 is 0 Å². The number of nitrogens with two attached hydrogens (primary N) is 1. The molecule has 0 saturated carbocycles. The Balaban J connectivity index is 1.41. The number of hydrazine groups is 1. The van der Waals surface area contributed by atoms with Gasteiger partial charge in [-0.1, -0.05) is 29.8 Å². The third kappa shape index (κ3) is 6.59. The van der Waals surface area contributed by atoms with Gasteiger partial charge in [0.25, 0.3) is 11.8 Å². The number of anilines is 2. The van der Waals surface area contributed by atoms with Crippen molar-refractivity contribution in [2.75, 3.05) is 23.9 Å². The van der Waals surface area contributed by atoms with Crippen LogP contribution in [0.2, 0.25) is 5.02 Å². The molecule has 1 aliphatic heterocycles. The molecule has 37 heavy (non-hydrogen) atoms. The Hall–Kier alpha value is -4.05. The highest BCUT2D eigenvalue weighted by molar-refractivity contribution is 6.34. The van der Waals surface area contributed by atoms with Crippen molar-refractivity contribution in [3.05, 3.63) is 93.5 Å². The Morgan fingerprint density at radius 1 is 1.14 bits per heavy atom. The number of amides is 2. The third-order valence-electron chi connectivity index (χ3n) is 6.06. The number of carbonyl (C=O) groups is 2. The molecule has 4 rings (SSSR count). The minimum absolute atomic E-state index is 0.208. The fourth-order valence-corrected chi connectivity index (χ4v) is 4.29. The molecule has 190 valence electrons. The Kier molecular flexibility index (Phi) is 8.29. The van der Waals surface area contributed by atoms with Crippen LogP contribution >= 0.6 is 11.6 Å². The zero-order valence-corrected chi connectivity index (χ0v) is 21.2. The number of fused-ring (bicyclic) bond motifs is 1. The highest BCUT2D eigenvalue weighted by Crippen LogP contribution is 2.23. The number of hydrogen-bond acceptors (Lipinski definition) is 6. The van der Waals surface area contributed by atoms with Crippen LogP contribution in [0.1, 0.15) is 37.4 Å². The number of rotatable bonds is 8. The van der Waals surface area contributed by atoms with Crippen LogP contribution in [0.4, 0.5) is 11.4 Å². The average molecular weight is 518 g/mol. The van der Waals surface area contributed by atoms with Crippen LogP contribution in [-0.4, -0.2) is 43.4 Å². The molecular weight excluding hydrogens is 490 g/mol. The molecule has 1 heterocycles. The van der Waals surface area contributed by atoms with E-state index in [1.165, 1.54) is 22.5 Å². The van der Waals surface area contributed by atoms with E-state index in [1.807, 2.05) is 18.2 Å². The second-order valence-corrected chi connectivity index (χ2v) is 9.16. The summed E-state index contributed by atoms with van der Waals surface area (Å²) in [6.45, 7) is 5.36. The lowest BCUT2D eigenvalue weighted by atomic mass is 9.99. The van der Waals surface area contributed by atoms with Gasteiger partial charge in [-0.25, -0.2) is 5.84 Å². The molecule has 0 atom stereocenters. The third-order valence-corrected chi connectivity index (χ3v) is 6.39. The van der Waals surface area contributed by atoms with Gasteiger partial charge in [0.15, 0.2) is 0 Å². The number of nitrogens with zero attached hydrogens (tertiary/aromatic N) is 4. The summed E-state index contributed by atoms with van der Waals surface area (Å²) in [5.74, 6) is 5.29. The zero-order chi connectivity index (χ0) is 26.4. The molecule has 1 aliphatic rings. The summed E-state index contributed by atoms with van der Waals surface area (Å²) in [5.41, 5.74) is 5.32. The smallest absolute Gasteiger partial charge is 0.255 e. The molecule has 0 aliphatic carbocycles. The van der Waals surface area contributed by atoms with Crippen molar-refractivity contribution in [1.29, 1.82) is 0 Å². The minimum atomic E-state index is -0.382. The molecule has 0 saturated heterocycles. The summed E-state index contributed by atoms with van der Waals surface area (Å²) in [5, 5.41) is 14.3. The van der Waals surface area contributed by atoms with Crippen molar-refractivity contribution in [3.63, 3.8) is 0 Å². The molecule has 3 aromatic carbocycles. The van der Waals surface area contributed by atoms with Crippen molar-refractivity contribution in [2.45, 2.75) is 19.5 Å². The topological polar surface area (TPSA) is 115 Å². The summed E-state index contributed by atoms with van der Waals surface area (Å²) in [6, 6.07) is 17.9. The molecule has 0 aromatic heterocycles. The van der Waals surface area contributed by atoms with E-state index in [-0.39, 0.29) is 28.9 Å². The monoisotopic (exact) mass is 517 g/mol. The van der Waals surface area contributed by atoms with E-state index in [2.05, 4.69) is 45.6 Å². The molecule has 3 aromatic rings. The predicted octanol–water partition coefficient (Wildman–Crippen LogP) is 3.83. The van der Waals surface area contributed by atoms with Crippen LogP contribution in [0, 0.1) is 0 Å². The highest BCUT2D eigenvalue weighted by Gasteiger charge is 2.16. The fourth-order valence-electron chi connectivity index (χ4n) is 4.09. The van der Waals surface area contributed by atoms with E-state index in [9.17, 15) is 9.59 Å². The number of benzene rings is 3. The largest absolute Gasteiger partial charge is 0.348 e. The molecule has 0 radical (unpaired) electrons. The maximum Gasteiger partial charge on any atom is 0.255 e. The van der Waals surface area contributed by atoms with Gasteiger partial charge in [0.2, 0.25) is 0 Å². The summed E-state index contributed by atoms with van der Waals surface area (Å²) < 4.78 is 0. The van der Waals surface area contributed by atoms with E-state index in [0.717, 1.165) is 30.8 Å². The SMILES string of the molecule is C=N/N=C\N(N)c1ccc(Cl)c(C(=O)NCc2cccc(C(=O)Nc3ccc4c(c3)CN(C)CC4)c2)c1. The normalized spacial score (nSPS) is 13.2. The second kappa shape index (κ2) is 11.8. The van der Waals surface area contributed by atoms with Crippen LogP contribution in [0.25, 0.3) is 0 Å². The van der Waals surface area contributed by atoms with Gasteiger partial charge in [0.1, 0.15) is 6.34 Å². The summed E-state index contributed by atoms with van der Waals surface area (Å²) in [6.07, 6.45) is 2.27. The Morgan fingerprint density at radius 2 is 1.97 bits per heavy atom. The van der Waals surface area contributed by atoms with Crippen molar-refractivity contribution in [1.82, 2.24) is 10.2 Å². The van der Waals surface area contributed by atoms with Gasteiger partial charge in [-0.3, -0.25) is 14.6 Å². The Morgan fingerprint density at radius 3 is 2.78 bits per heavy atom. The first-order valence-electron chi connectivity index (χ1n) is 11.7. The van der Waals surface area contributed by atoms with Gasteiger partial charge in [-0.2, -0.15) is 5.10 Å². The Bertz CT molecular complexity index is 1360. The maximum atomic E-state index is 12.9. The van der Waals surface area contributed by atoms with Crippen LogP contribution < -0.4 is 21.5 Å². The average Bonchev–Trinajstić information content (AvgIpc) is 2.90. The first-order chi connectivity index (χ1) is 17.8. The summed E-state index contributed by atoms with van der Waals surface area (Å²) in [4.78, 5) is 28.0. The quantitative estimate of drug-likeness (QED) is 0.182. The number of likely N-dealkylation sites (N-methyl/N-ethyl adjacent to an activating group) is 1. The number of carbonyl (C=O) groups excluding carboxylic acids is 2. The molecule has 10 heteroatoms. The van der Waals surface area contributed by atoms with Crippen molar-refractivity contribution in [3.8, 4) is 0 Å². The van der Waals surface area contributed by atoms with Gasteiger partial charge in [0.05, 0.1) is 16.3 Å². The molecule has 0 unspecified atom stereocenters. The standard InChI is InChI=1S/C27H28ClN7O2/c1-30-32-17-35(29)23-8-9-25(28)24(14-23)27(37)31-15-18-4-3-5-20(12-18)26(36)33-22-7-6-19-10-11-34(2)16-21(19)13-22/h3-9,12-14,17H,1,10-11,15-16,29H2,2H3,(H,31,37)(H,33,36)/b32-17-. The lowest BCUT2D eigenvalue weighted by Gasteiger charge is -2.25. The second-order valence-electron chi connectivity index (χ2n) is 8.75. The van der Waals surface area contributed by atoms with E-state index in [0.29, 0.717) is 11.3 Å². The lowest BCUT2D eigenvalue weighted by molar-refractivity contribution is 0.0950. The van der Waals surface area contributed by atoms with Crippen LogP contribution in [0.15, 0.2) is 70.9 Å². The van der Waals surface area contributed by atoms with Gasteiger partial charge < -0.3 is 15.5 Å². The van der Waals surface area contributed by atoms with E-state index < -0.39 is 0 Å². The lowest BCUT2D eigenvalue weighted by Crippen LogP contribution is -2.29. The molecule has 9 nitrogen and oxygen atoms in total. The maximum absolute atomic E-state index is 12.9. The van der Waals surface area contributed by atoms with Crippen LogP contribution in [0.3, 0.4) is 0 Å². The highest BCUT2D eigenvalue weighted by atomic mass is 35.5. The predicted molar refractivity (Wildman–Crippen MR) is 148 cm³/mol. The van der Waals surface area contributed by atoms with E-state index in [1.54, 1.807) is 36.4 Å². The van der Waals surface area contributed by atoms with Crippen LogP contribution in [-0.2, 0) is 19.5 Å². The van der Waals surface area contributed by atoms with Gasteiger partial charge in [0, 0.05) is 37.6 Å². The van der Waals surface area contributed by atoms with Gasteiger partial charge in [-0.15, -0.1) is 5.10 Å². The molecule has 0 bridgehead atoms. The molecule has 4 N–H and O–H groups in total. The van der Waals surface area contributed by atoms with Crippen LogP contribution in [0.5, 0.6) is 0 Å².